The minimum Gasteiger partial charge on any atom is -0.396 e. The van der Waals surface area contributed by atoms with E-state index in [4.69, 9.17) is 5.11 Å². The van der Waals surface area contributed by atoms with Crippen LogP contribution in [0.1, 0.15) is 58.8 Å². The highest BCUT2D eigenvalue weighted by Gasteiger charge is 2.22. The van der Waals surface area contributed by atoms with E-state index in [9.17, 15) is 4.79 Å². The predicted molar refractivity (Wildman–Crippen MR) is 110 cm³/mol. The van der Waals surface area contributed by atoms with Crippen LogP contribution in [0, 0.1) is 5.92 Å². The van der Waals surface area contributed by atoms with Crippen LogP contribution in [0.5, 0.6) is 0 Å². The fraction of sp³-hybridized carbons (Fsp3) is 0.882. The summed E-state index contributed by atoms with van der Waals surface area (Å²) in [6.45, 7) is 6.70. The van der Waals surface area contributed by atoms with E-state index in [1.54, 1.807) is 0 Å². The quantitative estimate of drug-likeness (QED) is 0.157. The molecule has 0 aliphatic heterocycles. The summed E-state index contributed by atoms with van der Waals surface area (Å²) in [5.41, 5.74) is 0. The summed E-state index contributed by atoms with van der Waals surface area (Å²) in [5, 5.41) is 18.6. The van der Waals surface area contributed by atoms with Crippen molar-refractivity contribution in [1.29, 1.82) is 0 Å². The van der Waals surface area contributed by atoms with E-state index in [-0.39, 0.29) is 36.5 Å². The number of halogens is 1. The SMILES string of the molecule is CCCC(CCO)CN=C(NCC)NCCCC(=O)NC1CC1.I. The number of aliphatic hydroxyl groups is 1. The van der Waals surface area contributed by atoms with Crippen molar-refractivity contribution in [2.24, 2.45) is 10.9 Å². The number of rotatable bonds is 12. The van der Waals surface area contributed by atoms with Crippen molar-refractivity contribution in [3.63, 3.8) is 0 Å². The first kappa shape index (κ1) is 23.4. The number of aliphatic hydroxyl groups excluding tert-OH is 1. The van der Waals surface area contributed by atoms with Crippen molar-refractivity contribution in [2.75, 3.05) is 26.2 Å². The summed E-state index contributed by atoms with van der Waals surface area (Å²) in [6, 6.07) is 0.441. The number of amides is 1. The normalized spacial score (nSPS) is 15.4. The maximum absolute atomic E-state index is 11.6. The minimum absolute atomic E-state index is 0. The van der Waals surface area contributed by atoms with E-state index >= 15 is 0 Å². The lowest BCUT2D eigenvalue weighted by Crippen LogP contribution is -2.38. The third-order valence-corrected chi connectivity index (χ3v) is 3.90. The average molecular weight is 454 g/mol. The molecule has 1 saturated carbocycles. The molecule has 0 saturated heterocycles. The van der Waals surface area contributed by atoms with Crippen LogP contribution in [-0.2, 0) is 4.79 Å². The first-order valence-corrected chi connectivity index (χ1v) is 9.11. The highest BCUT2D eigenvalue weighted by atomic mass is 127. The number of hydrogen-bond donors (Lipinski definition) is 4. The molecular weight excluding hydrogens is 419 g/mol. The monoisotopic (exact) mass is 454 g/mol. The van der Waals surface area contributed by atoms with E-state index in [1.165, 1.54) is 0 Å². The molecule has 1 aliphatic rings. The zero-order valence-corrected chi connectivity index (χ0v) is 17.5. The van der Waals surface area contributed by atoms with Crippen LogP contribution in [0.15, 0.2) is 4.99 Å². The first-order chi connectivity index (χ1) is 11.2. The number of hydrogen-bond acceptors (Lipinski definition) is 3. The molecule has 1 aliphatic carbocycles. The number of carbonyl (C=O) groups is 1. The van der Waals surface area contributed by atoms with Gasteiger partial charge in [0.2, 0.25) is 5.91 Å². The van der Waals surface area contributed by atoms with Gasteiger partial charge in [0.25, 0.3) is 0 Å². The van der Waals surface area contributed by atoms with Gasteiger partial charge >= 0.3 is 0 Å². The van der Waals surface area contributed by atoms with E-state index in [1.807, 2.05) is 6.92 Å². The van der Waals surface area contributed by atoms with Crippen molar-refractivity contribution in [3.8, 4) is 0 Å². The number of aliphatic imine (C=N–C) groups is 1. The highest BCUT2D eigenvalue weighted by Crippen LogP contribution is 2.18. The maximum Gasteiger partial charge on any atom is 0.220 e. The van der Waals surface area contributed by atoms with E-state index in [0.29, 0.717) is 18.4 Å². The van der Waals surface area contributed by atoms with Crippen LogP contribution in [0.2, 0.25) is 0 Å². The number of nitrogens with one attached hydrogen (secondary N) is 3. The molecule has 7 heteroatoms. The van der Waals surface area contributed by atoms with Crippen molar-refractivity contribution in [1.82, 2.24) is 16.0 Å². The topological polar surface area (TPSA) is 85.8 Å². The molecule has 0 aromatic carbocycles. The van der Waals surface area contributed by atoms with Crippen LogP contribution >= 0.6 is 24.0 Å². The largest absolute Gasteiger partial charge is 0.396 e. The van der Waals surface area contributed by atoms with Crippen molar-refractivity contribution >= 4 is 35.8 Å². The minimum atomic E-state index is 0. The Bertz CT molecular complexity index is 356. The van der Waals surface area contributed by atoms with Gasteiger partial charge in [0.05, 0.1) is 0 Å². The van der Waals surface area contributed by atoms with Gasteiger partial charge in [-0.2, -0.15) is 0 Å². The predicted octanol–water partition coefficient (Wildman–Crippen LogP) is 2.02. The smallest absolute Gasteiger partial charge is 0.220 e. The third-order valence-electron chi connectivity index (χ3n) is 3.90. The molecule has 0 spiro atoms. The number of carbonyl (C=O) groups excluding carboxylic acids is 1. The Morgan fingerprint density at radius 2 is 2.00 bits per heavy atom. The van der Waals surface area contributed by atoms with Crippen molar-refractivity contribution in [3.05, 3.63) is 0 Å². The standard InChI is InChI=1S/C17H34N4O2.HI/c1-3-6-14(10-12-22)13-20-17(18-4-2)19-11-5-7-16(23)21-15-8-9-15;/h14-15,22H,3-13H2,1-2H3,(H,21,23)(H2,18,19,20);1H. The molecule has 0 heterocycles. The Kier molecular flexibility index (Phi) is 14.4. The van der Waals surface area contributed by atoms with E-state index in [0.717, 1.165) is 64.1 Å². The van der Waals surface area contributed by atoms with Gasteiger partial charge in [0, 0.05) is 38.7 Å². The molecule has 142 valence electrons. The van der Waals surface area contributed by atoms with Gasteiger partial charge in [-0.3, -0.25) is 9.79 Å². The molecule has 4 N–H and O–H groups in total. The number of guanidine groups is 1. The molecule has 0 bridgehead atoms. The van der Waals surface area contributed by atoms with Gasteiger partial charge < -0.3 is 21.1 Å². The van der Waals surface area contributed by atoms with Crippen LogP contribution < -0.4 is 16.0 Å². The second-order valence-electron chi connectivity index (χ2n) is 6.26. The molecule has 0 aromatic heterocycles. The summed E-state index contributed by atoms with van der Waals surface area (Å²) in [7, 11) is 0. The molecule has 0 aromatic rings. The van der Waals surface area contributed by atoms with Gasteiger partial charge in [-0.25, -0.2) is 0 Å². The van der Waals surface area contributed by atoms with Crippen LogP contribution in [-0.4, -0.2) is 49.3 Å². The van der Waals surface area contributed by atoms with Crippen LogP contribution in [0.3, 0.4) is 0 Å². The Morgan fingerprint density at radius 3 is 2.58 bits per heavy atom. The summed E-state index contributed by atoms with van der Waals surface area (Å²) in [5.74, 6) is 1.39. The van der Waals surface area contributed by atoms with Crippen molar-refractivity contribution in [2.45, 2.75) is 64.8 Å². The molecule has 1 fully saturated rings. The fourth-order valence-electron chi connectivity index (χ4n) is 2.46. The molecule has 0 radical (unpaired) electrons. The molecule has 1 amide bonds. The van der Waals surface area contributed by atoms with Gasteiger partial charge in [0.15, 0.2) is 5.96 Å². The second-order valence-corrected chi connectivity index (χ2v) is 6.26. The summed E-state index contributed by atoms with van der Waals surface area (Å²) in [6.07, 6.45) is 6.63. The Balaban J connectivity index is 0.00000529. The Morgan fingerprint density at radius 1 is 1.25 bits per heavy atom. The van der Waals surface area contributed by atoms with Crippen LogP contribution in [0.4, 0.5) is 0 Å². The highest BCUT2D eigenvalue weighted by molar-refractivity contribution is 14.0. The average Bonchev–Trinajstić information content (AvgIpc) is 3.33. The fourth-order valence-corrected chi connectivity index (χ4v) is 2.46. The van der Waals surface area contributed by atoms with Crippen LogP contribution in [0.25, 0.3) is 0 Å². The van der Waals surface area contributed by atoms with Gasteiger partial charge in [-0.05, 0) is 44.9 Å². The molecule has 1 unspecified atom stereocenters. The molecule has 1 rings (SSSR count). The molecule has 6 nitrogen and oxygen atoms in total. The van der Waals surface area contributed by atoms with E-state index in [2.05, 4.69) is 27.9 Å². The number of nitrogens with zero attached hydrogens (tertiary/aromatic N) is 1. The Labute approximate surface area is 163 Å². The zero-order chi connectivity index (χ0) is 16.9. The molecule has 1 atom stereocenters. The van der Waals surface area contributed by atoms with Gasteiger partial charge in [-0.1, -0.05) is 13.3 Å². The lowest BCUT2D eigenvalue weighted by atomic mass is 10.0. The molecule has 24 heavy (non-hydrogen) atoms. The van der Waals surface area contributed by atoms with Crippen molar-refractivity contribution < 1.29 is 9.90 Å². The summed E-state index contributed by atoms with van der Waals surface area (Å²) < 4.78 is 0. The first-order valence-electron chi connectivity index (χ1n) is 9.11. The van der Waals surface area contributed by atoms with E-state index < -0.39 is 0 Å². The third kappa shape index (κ3) is 11.9. The molecular formula is C17H35IN4O2. The maximum atomic E-state index is 11.6. The van der Waals surface area contributed by atoms with Gasteiger partial charge in [0.1, 0.15) is 0 Å². The summed E-state index contributed by atoms with van der Waals surface area (Å²) in [4.78, 5) is 16.2. The lowest BCUT2D eigenvalue weighted by Gasteiger charge is -2.15. The zero-order valence-electron chi connectivity index (χ0n) is 15.1. The Hall–Kier alpha value is -0.570. The second kappa shape index (κ2) is 14.7. The summed E-state index contributed by atoms with van der Waals surface area (Å²) >= 11 is 0. The lowest BCUT2D eigenvalue weighted by molar-refractivity contribution is -0.121. The van der Waals surface area contributed by atoms with Gasteiger partial charge in [-0.15, -0.1) is 24.0 Å².